The lowest BCUT2D eigenvalue weighted by molar-refractivity contribution is 0.128. The number of halogens is 2. The Labute approximate surface area is 112 Å². The van der Waals surface area contributed by atoms with Crippen molar-refractivity contribution in [3.05, 3.63) is 29.3 Å². The molecule has 5 heteroatoms. The third-order valence-electron chi connectivity index (χ3n) is 2.68. The molecule has 0 fully saturated rings. The van der Waals surface area contributed by atoms with Gasteiger partial charge >= 0.3 is 0 Å². The fraction of sp³-hybridized carbons (Fsp3) is 0.571. The van der Waals surface area contributed by atoms with Gasteiger partial charge < -0.3 is 14.8 Å². The zero-order valence-corrected chi connectivity index (χ0v) is 11.6. The third-order valence-corrected chi connectivity index (χ3v) is 2.68. The Hall–Kier alpha value is -1.20. The Morgan fingerprint density at radius 3 is 2.42 bits per heavy atom. The van der Waals surface area contributed by atoms with E-state index in [2.05, 4.69) is 5.32 Å². The molecule has 1 aromatic rings. The molecule has 108 valence electrons. The SMILES string of the molecule is CCNCc1cc(F)c(OC(C)CCOC)c(F)c1. The summed E-state index contributed by atoms with van der Waals surface area (Å²) in [6, 6.07) is 2.59. The highest BCUT2D eigenvalue weighted by Gasteiger charge is 2.15. The smallest absolute Gasteiger partial charge is 0.191 e. The summed E-state index contributed by atoms with van der Waals surface area (Å²) in [4.78, 5) is 0. The number of hydrogen-bond acceptors (Lipinski definition) is 3. The number of benzene rings is 1. The molecule has 0 aromatic heterocycles. The molecule has 0 amide bonds. The molecule has 1 unspecified atom stereocenters. The number of nitrogens with one attached hydrogen (secondary N) is 1. The van der Waals surface area contributed by atoms with E-state index in [4.69, 9.17) is 9.47 Å². The molecule has 1 atom stereocenters. The predicted molar refractivity (Wildman–Crippen MR) is 70.3 cm³/mol. The van der Waals surface area contributed by atoms with E-state index in [1.165, 1.54) is 12.1 Å². The summed E-state index contributed by atoms with van der Waals surface area (Å²) in [6.45, 7) is 5.36. The van der Waals surface area contributed by atoms with Gasteiger partial charge in [0, 0.05) is 26.7 Å². The van der Waals surface area contributed by atoms with Gasteiger partial charge in [-0.2, -0.15) is 0 Å². The van der Waals surface area contributed by atoms with Crippen molar-refractivity contribution in [1.29, 1.82) is 0 Å². The van der Waals surface area contributed by atoms with Gasteiger partial charge in [0.1, 0.15) is 0 Å². The Morgan fingerprint density at radius 2 is 1.89 bits per heavy atom. The van der Waals surface area contributed by atoms with Crippen molar-refractivity contribution in [2.75, 3.05) is 20.3 Å². The van der Waals surface area contributed by atoms with E-state index in [9.17, 15) is 8.78 Å². The molecule has 0 aliphatic carbocycles. The molecule has 1 aromatic carbocycles. The molecule has 0 saturated carbocycles. The van der Waals surface area contributed by atoms with E-state index < -0.39 is 11.6 Å². The third kappa shape index (κ3) is 5.12. The fourth-order valence-electron chi connectivity index (χ4n) is 1.64. The van der Waals surface area contributed by atoms with Gasteiger partial charge in [-0.15, -0.1) is 0 Å². The number of ether oxygens (including phenoxy) is 2. The van der Waals surface area contributed by atoms with Crippen LogP contribution < -0.4 is 10.1 Å². The van der Waals surface area contributed by atoms with Crippen LogP contribution in [0.1, 0.15) is 25.8 Å². The van der Waals surface area contributed by atoms with E-state index in [0.717, 1.165) is 6.54 Å². The largest absolute Gasteiger partial charge is 0.485 e. The van der Waals surface area contributed by atoms with Crippen LogP contribution in [0.4, 0.5) is 8.78 Å². The minimum Gasteiger partial charge on any atom is -0.485 e. The lowest BCUT2D eigenvalue weighted by Gasteiger charge is -2.16. The number of methoxy groups -OCH3 is 1. The topological polar surface area (TPSA) is 30.5 Å². The highest BCUT2D eigenvalue weighted by Crippen LogP contribution is 2.25. The number of rotatable bonds is 8. The molecular weight excluding hydrogens is 252 g/mol. The van der Waals surface area contributed by atoms with Crippen LogP contribution in [0.5, 0.6) is 5.75 Å². The van der Waals surface area contributed by atoms with Gasteiger partial charge in [0.15, 0.2) is 17.4 Å². The standard InChI is InChI=1S/C14H21F2NO2/c1-4-17-9-11-7-12(15)14(13(16)8-11)19-10(2)5-6-18-3/h7-8,10,17H,4-6,9H2,1-3H3. The summed E-state index contributed by atoms with van der Waals surface area (Å²) >= 11 is 0. The number of hydrogen-bond donors (Lipinski definition) is 1. The highest BCUT2D eigenvalue weighted by molar-refractivity contribution is 5.31. The Morgan fingerprint density at radius 1 is 1.26 bits per heavy atom. The van der Waals surface area contributed by atoms with Gasteiger partial charge in [-0.3, -0.25) is 0 Å². The molecule has 0 bridgehead atoms. The van der Waals surface area contributed by atoms with E-state index >= 15 is 0 Å². The van der Waals surface area contributed by atoms with Crippen LogP contribution in [0.2, 0.25) is 0 Å². The van der Waals surface area contributed by atoms with E-state index in [1.807, 2.05) is 6.92 Å². The van der Waals surface area contributed by atoms with Gasteiger partial charge in [-0.05, 0) is 31.2 Å². The van der Waals surface area contributed by atoms with Crippen molar-refractivity contribution in [3.63, 3.8) is 0 Å². The predicted octanol–water partition coefficient (Wildman–Crippen LogP) is 2.88. The second-order valence-electron chi connectivity index (χ2n) is 4.38. The Balaban J connectivity index is 2.73. The maximum atomic E-state index is 13.8. The van der Waals surface area contributed by atoms with Crippen LogP contribution in [0.25, 0.3) is 0 Å². The second kappa shape index (κ2) is 8.07. The van der Waals surface area contributed by atoms with Crippen LogP contribution in [0.3, 0.4) is 0 Å². The molecule has 0 aliphatic rings. The molecule has 3 nitrogen and oxygen atoms in total. The maximum absolute atomic E-state index is 13.8. The zero-order valence-electron chi connectivity index (χ0n) is 11.6. The summed E-state index contributed by atoms with van der Waals surface area (Å²) in [5.41, 5.74) is 0.564. The quantitative estimate of drug-likeness (QED) is 0.790. The van der Waals surface area contributed by atoms with Crippen LogP contribution in [0, 0.1) is 11.6 Å². The first-order valence-corrected chi connectivity index (χ1v) is 6.42. The normalized spacial score (nSPS) is 12.5. The van der Waals surface area contributed by atoms with E-state index in [-0.39, 0.29) is 11.9 Å². The monoisotopic (exact) mass is 273 g/mol. The molecule has 0 saturated heterocycles. The minimum atomic E-state index is -0.669. The molecular formula is C14H21F2NO2. The van der Waals surface area contributed by atoms with Crippen molar-refractivity contribution in [3.8, 4) is 5.75 Å². The zero-order chi connectivity index (χ0) is 14.3. The molecule has 0 radical (unpaired) electrons. The average molecular weight is 273 g/mol. The molecule has 19 heavy (non-hydrogen) atoms. The first-order valence-electron chi connectivity index (χ1n) is 6.42. The maximum Gasteiger partial charge on any atom is 0.191 e. The van der Waals surface area contributed by atoms with E-state index in [1.54, 1.807) is 14.0 Å². The van der Waals surface area contributed by atoms with Gasteiger partial charge in [0.2, 0.25) is 0 Å². The summed E-state index contributed by atoms with van der Waals surface area (Å²) in [6.07, 6.45) is 0.276. The van der Waals surface area contributed by atoms with Crippen molar-refractivity contribution >= 4 is 0 Å². The van der Waals surface area contributed by atoms with Gasteiger partial charge in [0.05, 0.1) is 6.10 Å². The molecule has 0 spiro atoms. The molecule has 0 aliphatic heterocycles. The molecule has 1 rings (SSSR count). The lowest BCUT2D eigenvalue weighted by Crippen LogP contribution is -2.17. The Kier molecular flexibility index (Phi) is 6.73. The second-order valence-corrected chi connectivity index (χ2v) is 4.38. The summed E-state index contributed by atoms with van der Waals surface area (Å²) < 4.78 is 37.8. The van der Waals surface area contributed by atoms with Crippen LogP contribution in [-0.2, 0) is 11.3 Å². The summed E-state index contributed by atoms with van der Waals surface area (Å²) in [5, 5.41) is 3.02. The highest BCUT2D eigenvalue weighted by atomic mass is 19.1. The fourth-order valence-corrected chi connectivity index (χ4v) is 1.64. The van der Waals surface area contributed by atoms with Crippen LogP contribution in [0.15, 0.2) is 12.1 Å². The van der Waals surface area contributed by atoms with Gasteiger partial charge in [-0.25, -0.2) is 8.78 Å². The van der Waals surface area contributed by atoms with Crippen molar-refractivity contribution in [2.45, 2.75) is 32.9 Å². The van der Waals surface area contributed by atoms with Crippen molar-refractivity contribution in [1.82, 2.24) is 5.32 Å². The van der Waals surface area contributed by atoms with Crippen molar-refractivity contribution in [2.24, 2.45) is 0 Å². The minimum absolute atomic E-state index is 0.302. The summed E-state index contributed by atoms with van der Waals surface area (Å²) in [5.74, 6) is -1.65. The summed E-state index contributed by atoms with van der Waals surface area (Å²) in [7, 11) is 1.57. The van der Waals surface area contributed by atoms with Crippen LogP contribution in [-0.4, -0.2) is 26.4 Å². The van der Waals surface area contributed by atoms with Crippen LogP contribution >= 0.6 is 0 Å². The average Bonchev–Trinajstić information content (AvgIpc) is 2.38. The first-order chi connectivity index (χ1) is 9.08. The van der Waals surface area contributed by atoms with E-state index in [0.29, 0.717) is 25.1 Å². The Bertz CT molecular complexity index is 376. The van der Waals surface area contributed by atoms with Gasteiger partial charge in [0.25, 0.3) is 0 Å². The van der Waals surface area contributed by atoms with Crippen molar-refractivity contribution < 1.29 is 18.3 Å². The molecule has 1 N–H and O–H groups in total. The molecule has 0 heterocycles. The van der Waals surface area contributed by atoms with Gasteiger partial charge in [-0.1, -0.05) is 6.92 Å². The first kappa shape index (κ1) is 15.9. The lowest BCUT2D eigenvalue weighted by atomic mass is 10.2.